The summed E-state index contributed by atoms with van der Waals surface area (Å²) in [7, 11) is 0. The van der Waals surface area contributed by atoms with Crippen LogP contribution in [0.4, 0.5) is 0 Å². The first-order valence-electron chi connectivity index (χ1n) is 7.19. The molecule has 1 saturated carbocycles. The maximum absolute atomic E-state index is 8.87. The van der Waals surface area contributed by atoms with E-state index in [1.165, 1.54) is 0 Å². The monoisotopic (exact) mass is 274 g/mol. The molecule has 0 atom stereocenters. The van der Waals surface area contributed by atoms with Gasteiger partial charge >= 0.3 is 0 Å². The summed E-state index contributed by atoms with van der Waals surface area (Å²) >= 11 is 0. The van der Waals surface area contributed by atoms with E-state index in [-0.39, 0.29) is 5.41 Å². The molecule has 2 rings (SSSR count). The van der Waals surface area contributed by atoms with Gasteiger partial charge in [-0.25, -0.2) is 0 Å². The van der Waals surface area contributed by atoms with E-state index in [1.807, 2.05) is 25.1 Å². The van der Waals surface area contributed by atoms with Crippen molar-refractivity contribution in [3.05, 3.63) is 23.8 Å². The van der Waals surface area contributed by atoms with E-state index in [4.69, 9.17) is 20.5 Å². The summed E-state index contributed by atoms with van der Waals surface area (Å²) in [5.74, 6) is 1.57. The molecule has 0 amide bonds. The number of nitrogens with two attached hydrogens (primary N) is 1. The number of hydrogen-bond donors (Lipinski definition) is 1. The first-order valence-corrected chi connectivity index (χ1v) is 7.19. The zero-order valence-electron chi connectivity index (χ0n) is 12.0. The van der Waals surface area contributed by atoms with Gasteiger partial charge in [0.05, 0.1) is 19.3 Å². The summed E-state index contributed by atoms with van der Waals surface area (Å²) in [6.07, 6.45) is 3.48. The van der Waals surface area contributed by atoms with E-state index in [0.29, 0.717) is 26.2 Å². The Balaban J connectivity index is 2.13. The maximum atomic E-state index is 8.87. The topological polar surface area (TPSA) is 68.3 Å². The highest BCUT2D eigenvalue weighted by molar-refractivity contribution is 5.47. The van der Waals surface area contributed by atoms with Gasteiger partial charge in [0, 0.05) is 11.8 Å². The molecule has 1 aromatic rings. The van der Waals surface area contributed by atoms with Gasteiger partial charge in [-0.3, -0.25) is 0 Å². The molecule has 0 spiro atoms. The van der Waals surface area contributed by atoms with E-state index in [1.54, 1.807) is 0 Å². The van der Waals surface area contributed by atoms with E-state index < -0.39 is 0 Å². The number of benzene rings is 1. The third kappa shape index (κ3) is 3.43. The van der Waals surface area contributed by atoms with Crippen LogP contribution in [0.1, 0.15) is 31.7 Å². The highest BCUT2D eigenvalue weighted by atomic mass is 16.5. The highest BCUT2D eigenvalue weighted by Crippen LogP contribution is 2.49. The van der Waals surface area contributed by atoms with Crippen molar-refractivity contribution in [1.82, 2.24) is 0 Å². The lowest BCUT2D eigenvalue weighted by atomic mass is 10.1. The van der Waals surface area contributed by atoms with Crippen LogP contribution in [-0.4, -0.2) is 19.8 Å². The van der Waals surface area contributed by atoms with Crippen molar-refractivity contribution < 1.29 is 9.47 Å². The molecule has 1 aliphatic carbocycles. The second kappa shape index (κ2) is 6.62. The third-order valence-corrected chi connectivity index (χ3v) is 3.71. The van der Waals surface area contributed by atoms with Crippen molar-refractivity contribution >= 4 is 0 Å². The fourth-order valence-corrected chi connectivity index (χ4v) is 2.29. The maximum Gasteiger partial charge on any atom is 0.164 e. The Hall–Kier alpha value is -1.73. The minimum atomic E-state index is 0.0636. The molecule has 4 heteroatoms. The van der Waals surface area contributed by atoms with Gasteiger partial charge in [0.15, 0.2) is 11.5 Å². The predicted molar refractivity (Wildman–Crippen MR) is 77.8 cm³/mol. The second-order valence-corrected chi connectivity index (χ2v) is 5.34. The summed E-state index contributed by atoms with van der Waals surface area (Å²) in [6.45, 7) is 3.72. The minimum Gasteiger partial charge on any atom is -0.490 e. The van der Waals surface area contributed by atoms with Crippen molar-refractivity contribution in [2.45, 2.75) is 32.6 Å². The van der Waals surface area contributed by atoms with E-state index >= 15 is 0 Å². The van der Waals surface area contributed by atoms with Crippen LogP contribution in [0, 0.1) is 16.7 Å². The molecule has 108 valence electrons. The molecule has 0 heterocycles. The molecule has 1 aromatic carbocycles. The van der Waals surface area contributed by atoms with Crippen LogP contribution in [0.2, 0.25) is 0 Å². The Morgan fingerprint density at radius 2 is 2.15 bits per heavy atom. The number of nitriles is 1. The first kappa shape index (κ1) is 14.7. The fraction of sp³-hybridized carbons (Fsp3) is 0.562. The van der Waals surface area contributed by atoms with Gasteiger partial charge in [-0.15, -0.1) is 0 Å². The molecule has 0 radical (unpaired) electrons. The normalized spacial score (nSPS) is 15.4. The Bertz CT molecular complexity index is 465. The molecule has 0 bridgehead atoms. The van der Waals surface area contributed by atoms with Crippen molar-refractivity contribution in [2.75, 3.05) is 19.8 Å². The zero-order valence-corrected chi connectivity index (χ0v) is 12.0. The minimum absolute atomic E-state index is 0.0636. The van der Waals surface area contributed by atoms with Crippen molar-refractivity contribution in [1.29, 1.82) is 5.26 Å². The molecular weight excluding hydrogens is 252 g/mol. The van der Waals surface area contributed by atoms with E-state index in [2.05, 4.69) is 6.07 Å². The number of rotatable bonds is 8. The van der Waals surface area contributed by atoms with Gasteiger partial charge in [0.2, 0.25) is 0 Å². The van der Waals surface area contributed by atoms with Crippen LogP contribution in [0.3, 0.4) is 0 Å². The number of para-hydroxylation sites is 1. The second-order valence-electron chi connectivity index (χ2n) is 5.34. The van der Waals surface area contributed by atoms with Crippen LogP contribution in [0.5, 0.6) is 11.5 Å². The molecule has 0 aromatic heterocycles. The fourth-order valence-electron chi connectivity index (χ4n) is 2.29. The molecule has 0 saturated heterocycles. The Morgan fingerprint density at radius 1 is 1.35 bits per heavy atom. The number of hydrogen-bond acceptors (Lipinski definition) is 4. The van der Waals surface area contributed by atoms with Gasteiger partial charge in [0.1, 0.15) is 0 Å². The van der Waals surface area contributed by atoms with Crippen molar-refractivity contribution in [2.24, 2.45) is 11.1 Å². The summed E-state index contributed by atoms with van der Waals surface area (Å²) in [5, 5.41) is 8.87. The molecular formula is C16H22N2O2. The smallest absolute Gasteiger partial charge is 0.164 e. The molecule has 1 fully saturated rings. The quantitative estimate of drug-likeness (QED) is 0.791. The van der Waals surface area contributed by atoms with Crippen LogP contribution in [0.15, 0.2) is 18.2 Å². The Kier molecular flexibility index (Phi) is 4.86. The van der Waals surface area contributed by atoms with E-state index in [9.17, 15) is 0 Å². The summed E-state index contributed by atoms with van der Waals surface area (Å²) in [4.78, 5) is 0. The Morgan fingerprint density at radius 3 is 2.75 bits per heavy atom. The standard InChI is InChI=1S/C16H22N2O2/c1-2-19-14-5-3-4-13(6-10-17)15(14)20-12-16(7-8-16)9-11-18/h3-5H,2,6-10,12,17H2,1H3. The molecule has 0 unspecified atom stereocenters. The lowest BCUT2D eigenvalue weighted by Gasteiger charge is -2.18. The van der Waals surface area contributed by atoms with Gasteiger partial charge in [0.25, 0.3) is 0 Å². The van der Waals surface area contributed by atoms with Crippen molar-refractivity contribution in [3.63, 3.8) is 0 Å². The lowest BCUT2D eigenvalue weighted by Crippen LogP contribution is -2.15. The SMILES string of the molecule is CCOc1cccc(CCN)c1OCC1(CC#N)CC1. The molecule has 4 nitrogen and oxygen atoms in total. The Labute approximate surface area is 120 Å². The molecule has 0 aliphatic heterocycles. The van der Waals surface area contributed by atoms with Gasteiger partial charge in [-0.1, -0.05) is 12.1 Å². The van der Waals surface area contributed by atoms with Crippen LogP contribution >= 0.6 is 0 Å². The summed E-state index contributed by atoms with van der Waals surface area (Å²) in [5.41, 5.74) is 6.79. The van der Waals surface area contributed by atoms with Crippen LogP contribution in [0.25, 0.3) is 0 Å². The third-order valence-electron chi connectivity index (χ3n) is 3.71. The van der Waals surface area contributed by atoms with Crippen LogP contribution < -0.4 is 15.2 Å². The van der Waals surface area contributed by atoms with Gasteiger partial charge in [-0.05, 0) is 44.4 Å². The number of ether oxygens (including phenoxy) is 2. The number of nitrogens with zero attached hydrogens (tertiary/aromatic N) is 1. The van der Waals surface area contributed by atoms with Gasteiger partial charge < -0.3 is 15.2 Å². The van der Waals surface area contributed by atoms with Crippen LogP contribution in [-0.2, 0) is 6.42 Å². The predicted octanol–water partition coefficient (Wildman–Crippen LogP) is 2.66. The average molecular weight is 274 g/mol. The highest BCUT2D eigenvalue weighted by Gasteiger charge is 2.43. The molecule has 20 heavy (non-hydrogen) atoms. The van der Waals surface area contributed by atoms with Gasteiger partial charge in [-0.2, -0.15) is 5.26 Å². The first-order chi connectivity index (χ1) is 9.74. The molecule has 1 aliphatic rings. The average Bonchev–Trinajstić information content (AvgIpc) is 3.19. The van der Waals surface area contributed by atoms with Crippen molar-refractivity contribution in [3.8, 4) is 17.6 Å². The van der Waals surface area contributed by atoms with E-state index in [0.717, 1.165) is 36.3 Å². The molecule has 2 N–H and O–H groups in total. The zero-order chi connectivity index (χ0) is 14.4. The largest absolute Gasteiger partial charge is 0.490 e. The summed E-state index contributed by atoms with van der Waals surface area (Å²) in [6, 6.07) is 8.16. The summed E-state index contributed by atoms with van der Waals surface area (Å²) < 4.78 is 11.7. The lowest BCUT2D eigenvalue weighted by molar-refractivity contribution is 0.220.